The van der Waals surface area contributed by atoms with Crippen molar-refractivity contribution in [3.8, 4) is 11.5 Å². The first-order valence-electron chi connectivity index (χ1n) is 14.0. The Labute approximate surface area is 262 Å². The molecule has 1 N–H and O–H groups in total. The summed E-state index contributed by atoms with van der Waals surface area (Å²) in [4.78, 5) is 29.5. The van der Waals surface area contributed by atoms with Gasteiger partial charge in [-0.15, -0.1) is 0 Å². The first-order chi connectivity index (χ1) is 20.5. The van der Waals surface area contributed by atoms with Gasteiger partial charge >= 0.3 is 0 Å². The maximum atomic E-state index is 14.3. The summed E-state index contributed by atoms with van der Waals surface area (Å²) in [6.45, 7) is 4.64. The fraction of sp³-hybridized carbons (Fsp3) is 0.355. The normalized spacial score (nSPS) is 13.7. The van der Waals surface area contributed by atoms with Crippen molar-refractivity contribution >= 4 is 50.7 Å². The minimum atomic E-state index is -3.94. The van der Waals surface area contributed by atoms with Gasteiger partial charge in [-0.1, -0.05) is 66.5 Å². The number of halogens is 2. The lowest BCUT2D eigenvalue weighted by Crippen LogP contribution is -2.54. The molecule has 0 saturated heterocycles. The maximum absolute atomic E-state index is 14.3. The van der Waals surface area contributed by atoms with Crippen LogP contribution in [0.3, 0.4) is 0 Å². The number of carbonyl (C=O) groups excluding carboxylic acids is 2. The molecule has 0 radical (unpaired) electrons. The largest absolute Gasteiger partial charge is 0.454 e. The second-order valence-electron chi connectivity index (χ2n) is 10.2. The van der Waals surface area contributed by atoms with E-state index in [2.05, 4.69) is 5.32 Å². The standard InChI is InChI=1S/C31H35Cl2N3O6S/c1-4-21(3)34-31(38)27(16-22-10-7-6-8-11-22)35(18-24-25(32)12-9-13-26(24)33)30(37)19-36(43(39,40)5-2)23-14-15-28-29(17-23)42-20-41-28/h6-15,17,21,27H,4-5,16,18-20H2,1-3H3,(H,34,38). The van der Waals surface area contributed by atoms with Crippen LogP contribution in [0.25, 0.3) is 0 Å². The Balaban J connectivity index is 1.78. The van der Waals surface area contributed by atoms with Gasteiger partial charge in [0.25, 0.3) is 0 Å². The molecule has 1 aliphatic heterocycles. The summed E-state index contributed by atoms with van der Waals surface area (Å²) in [7, 11) is -3.94. The van der Waals surface area contributed by atoms with Gasteiger partial charge in [0.2, 0.25) is 28.6 Å². The van der Waals surface area contributed by atoms with Crippen LogP contribution in [0.2, 0.25) is 10.0 Å². The van der Waals surface area contributed by atoms with Crippen molar-refractivity contribution < 1.29 is 27.5 Å². The molecule has 0 spiro atoms. The minimum Gasteiger partial charge on any atom is -0.454 e. The lowest BCUT2D eigenvalue weighted by molar-refractivity contribution is -0.140. The monoisotopic (exact) mass is 647 g/mol. The van der Waals surface area contributed by atoms with Crippen LogP contribution in [0, 0.1) is 0 Å². The van der Waals surface area contributed by atoms with E-state index in [1.165, 1.54) is 17.9 Å². The average Bonchev–Trinajstić information content (AvgIpc) is 3.47. The SMILES string of the molecule is CCC(C)NC(=O)C(Cc1ccccc1)N(Cc1c(Cl)cccc1Cl)C(=O)CN(c1ccc2c(c1)OCO2)S(=O)(=O)CC. The predicted molar refractivity (Wildman–Crippen MR) is 168 cm³/mol. The van der Waals surface area contributed by atoms with E-state index in [9.17, 15) is 18.0 Å². The predicted octanol–water partition coefficient (Wildman–Crippen LogP) is 5.43. The number of rotatable bonds is 13. The quantitative estimate of drug-likeness (QED) is 0.265. The van der Waals surface area contributed by atoms with Crippen LogP contribution in [-0.2, 0) is 32.6 Å². The number of carbonyl (C=O) groups is 2. The number of nitrogens with zero attached hydrogens (tertiary/aromatic N) is 2. The molecule has 230 valence electrons. The van der Waals surface area contributed by atoms with E-state index in [0.29, 0.717) is 33.5 Å². The second kappa shape index (κ2) is 14.3. The summed E-state index contributed by atoms with van der Waals surface area (Å²) in [5, 5.41) is 3.63. The van der Waals surface area contributed by atoms with E-state index >= 15 is 0 Å². The van der Waals surface area contributed by atoms with Crippen molar-refractivity contribution in [1.82, 2.24) is 10.2 Å². The first-order valence-corrected chi connectivity index (χ1v) is 16.4. The molecule has 3 aromatic rings. The molecule has 1 heterocycles. The summed E-state index contributed by atoms with van der Waals surface area (Å²) >= 11 is 13.1. The van der Waals surface area contributed by atoms with Gasteiger partial charge in [-0.05, 0) is 50.1 Å². The molecule has 0 aromatic heterocycles. The first kappa shape index (κ1) is 32.4. The van der Waals surface area contributed by atoms with Gasteiger partial charge in [0.15, 0.2) is 11.5 Å². The second-order valence-corrected chi connectivity index (χ2v) is 13.2. The third-order valence-electron chi connectivity index (χ3n) is 7.29. The van der Waals surface area contributed by atoms with Crippen molar-refractivity contribution in [2.45, 2.75) is 52.2 Å². The van der Waals surface area contributed by atoms with Gasteiger partial charge in [-0.3, -0.25) is 13.9 Å². The van der Waals surface area contributed by atoms with Gasteiger partial charge in [-0.25, -0.2) is 8.42 Å². The number of amides is 2. The molecule has 2 amide bonds. The van der Waals surface area contributed by atoms with Crippen LogP contribution < -0.4 is 19.1 Å². The van der Waals surface area contributed by atoms with Gasteiger partial charge in [0, 0.05) is 40.7 Å². The highest BCUT2D eigenvalue weighted by atomic mass is 35.5. The van der Waals surface area contributed by atoms with E-state index in [0.717, 1.165) is 9.87 Å². The van der Waals surface area contributed by atoms with Gasteiger partial charge in [0.1, 0.15) is 12.6 Å². The smallest absolute Gasteiger partial charge is 0.244 e. The Hall–Kier alpha value is -3.47. The fourth-order valence-corrected chi connectivity index (χ4v) is 6.18. The number of sulfonamides is 1. The molecule has 2 unspecified atom stereocenters. The van der Waals surface area contributed by atoms with E-state index in [4.69, 9.17) is 32.7 Å². The molecule has 9 nitrogen and oxygen atoms in total. The summed E-state index contributed by atoms with van der Waals surface area (Å²) < 4.78 is 38.6. The zero-order chi connectivity index (χ0) is 31.1. The lowest BCUT2D eigenvalue weighted by atomic mass is 10.0. The zero-order valence-corrected chi connectivity index (χ0v) is 26.6. The van der Waals surface area contributed by atoms with E-state index in [-0.39, 0.29) is 43.1 Å². The Morgan fingerprint density at radius 2 is 1.63 bits per heavy atom. The fourth-order valence-electron chi connectivity index (χ4n) is 4.61. The summed E-state index contributed by atoms with van der Waals surface area (Å²) in [5.74, 6) is -0.388. The highest BCUT2D eigenvalue weighted by molar-refractivity contribution is 7.92. The Morgan fingerprint density at radius 3 is 2.28 bits per heavy atom. The molecule has 12 heteroatoms. The van der Waals surface area contributed by atoms with Crippen molar-refractivity contribution in [1.29, 1.82) is 0 Å². The molecule has 0 saturated carbocycles. The zero-order valence-electron chi connectivity index (χ0n) is 24.3. The molecular weight excluding hydrogens is 613 g/mol. The Kier molecular flexibility index (Phi) is 10.8. The molecular formula is C31H35Cl2N3O6S. The number of ether oxygens (including phenoxy) is 2. The van der Waals surface area contributed by atoms with Gasteiger partial charge in [0.05, 0.1) is 11.4 Å². The molecule has 0 bridgehead atoms. The molecule has 3 aromatic carbocycles. The molecule has 43 heavy (non-hydrogen) atoms. The number of hydrogen-bond donors (Lipinski definition) is 1. The number of fused-ring (bicyclic) bond motifs is 1. The molecule has 4 rings (SSSR count). The minimum absolute atomic E-state index is 0.0110. The van der Waals surface area contributed by atoms with Crippen molar-refractivity contribution in [2.75, 3.05) is 23.4 Å². The van der Waals surface area contributed by atoms with Crippen molar-refractivity contribution in [3.05, 3.63) is 87.9 Å². The Bertz CT molecular complexity index is 1530. The number of benzene rings is 3. The van der Waals surface area contributed by atoms with E-state index in [1.807, 2.05) is 44.2 Å². The van der Waals surface area contributed by atoms with Gasteiger partial charge < -0.3 is 19.7 Å². The van der Waals surface area contributed by atoms with Crippen LogP contribution in [0.4, 0.5) is 5.69 Å². The molecule has 0 fully saturated rings. The van der Waals surface area contributed by atoms with Gasteiger partial charge in [-0.2, -0.15) is 0 Å². The van der Waals surface area contributed by atoms with Crippen LogP contribution in [0.5, 0.6) is 11.5 Å². The summed E-state index contributed by atoms with van der Waals surface area (Å²) in [5.41, 5.74) is 1.50. The van der Waals surface area contributed by atoms with E-state index in [1.54, 1.807) is 30.3 Å². The highest BCUT2D eigenvalue weighted by Gasteiger charge is 2.35. The number of hydrogen-bond acceptors (Lipinski definition) is 6. The third-order valence-corrected chi connectivity index (χ3v) is 9.74. The van der Waals surface area contributed by atoms with Crippen LogP contribution in [0.1, 0.15) is 38.3 Å². The van der Waals surface area contributed by atoms with Crippen LogP contribution in [0.15, 0.2) is 66.7 Å². The highest BCUT2D eigenvalue weighted by Crippen LogP contribution is 2.36. The maximum Gasteiger partial charge on any atom is 0.244 e. The lowest BCUT2D eigenvalue weighted by Gasteiger charge is -2.34. The molecule has 1 aliphatic rings. The summed E-state index contributed by atoms with van der Waals surface area (Å²) in [6, 6.07) is 17.8. The Morgan fingerprint density at radius 1 is 0.953 bits per heavy atom. The van der Waals surface area contributed by atoms with Crippen molar-refractivity contribution in [2.24, 2.45) is 0 Å². The number of anilines is 1. The van der Waals surface area contributed by atoms with Crippen LogP contribution >= 0.6 is 23.2 Å². The molecule has 0 aliphatic carbocycles. The number of nitrogens with one attached hydrogen (secondary N) is 1. The summed E-state index contributed by atoms with van der Waals surface area (Å²) in [6.07, 6.45) is 0.863. The van der Waals surface area contributed by atoms with Crippen molar-refractivity contribution in [3.63, 3.8) is 0 Å². The third kappa shape index (κ3) is 7.93. The van der Waals surface area contributed by atoms with E-state index < -0.39 is 28.5 Å². The van der Waals surface area contributed by atoms with Crippen LogP contribution in [-0.4, -0.2) is 56.3 Å². The molecule has 2 atom stereocenters. The topological polar surface area (TPSA) is 105 Å². The average molecular weight is 649 g/mol.